The van der Waals surface area contributed by atoms with Gasteiger partial charge in [-0.1, -0.05) is 44.2 Å². The van der Waals surface area contributed by atoms with Crippen molar-refractivity contribution < 1.29 is 0 Å². The van der Waals surface area contributed by atoms with Gasteiger partial charge in [-0.15, -0.1) is 0 Å². The van der Waals surface area contributed by atoms with Crippen LogP contribution in [0, 0.1) is 0 Å². The van der Waals surface area contributed by atoms with Crippen LogP contribution in [0.15, 0.2) is 42.6 Å². The minimum atomic E-state index is 0.360. The number of rotatable bonds is 4. The number of nitrogen functional groups attached to an aromatic ring is 1. The van der Waals surface area contributed by atoms with Crippen LogP contribution >= 0.6 is 0 Å². The van der Waals surface area contributed by atoms with E-state index >= 15 is 0 Å². The largest absolute Gasteiger partial charge is 0.383 e. The molecule has 0 aliphatic carbocycles. The van der Waals surface area contributed by atoms with Crippen molar-refractivity contribution in [1.29, 1.82) is 0 Å². The van der Waals surface area contributed by atoms with Crippen molar-refractivity contribution in [3.05, 3.63) is 53.7 Å². The first-order valence-corrected chi connectivity index (χ1v) is 7.07. The molecule has 2 aromatic heterocycles. The predicted octanol–water partition coefficient (Wildman–Crippen LogP) is 3.05. The number of hydrogen-bond donors (Lipinski definition) is 2. The summed E-state index contributed by atoms with van der Waals surface area (Å²) in [5.74, 6) is 1.72. The van der Waals surface area contributed by atoms with Gasteiger partial charge in [-0.05, 0) is 11.5 Å². The summed E-state index contributed by atoms with van der Waals surface area (Å²) in [6, 6.07) is 12.0. The van der Waals surface area contributed by atoms with Crippen LogP contribution in [0.2, 0.25) is 0 Å². The van der Waals surface area contributed by atoms with Crippen molar-refractivity contribution in [3.8, 4) is 0 Å². The maximum absolute atomic E-state index is 6.06. The predicted molar refractivity (Wildman–Crippen MR) is 85.3 cm³/mol. The molecule has 0 bridgehead atoms. The Morgan fingerprint density at radius 2 is 2.00 bits per heavy atom. The Balaban J connectivity index is 1.90. The third-order valence-corrected chi connectivity index (χ3v) is 3.47. The lowest BCUT2D eigenvalue weighted by Crippen LogP contribution is -2.06. The van der Waals surface area contributed by atoms with Crippen molar-refractivity contribution in [2.75, 3.05) is 11.1 Å². The van der Waals surface area contributed by atoms with Gasteiger partial charge in [0.25, 0.3) is 0 Å². The van der Waals surface area contributed by atoms with Crippen molar-refractivity contribution in [1.82, 2.24) is 14.6 Å². The van der Waals surface area contributed by atoms with E-state index in [0.29, 0.717) is 18.3 Å². The van der Waals surface area contributed by atoms with E-state index in [-0.39, 0.29) is 0 Å². The molecule has 0 unspecified atom stereocenters. The van der Waals surface area contributed by atoms with E-state index in [4.69, 9.17) is 5.73 Å². The van der Waals surface area contributed by atoms with E-state index < -0.39 is 0 Å². The first-order chi connectivity index (χ1) is 10.1. The fourth-order valence-electron chi connectivity index (χ4n) is 2.29. The molecule has 108 valence electrons. The smallest absolute Gasteiger partial charge is 0.163 e. The highest BCUT2D eigenvalue weighted by Gasteiger charge is 2.12. The van der Waals surface area contributed by atoms with Crippen molar-refractivity contribution in [3.63, 3.8) is 0 Å². The first kappa shape index (κ1) is 13.4. The fraction of sp³-hybridized carbons (Fsp3) is 0.250. The van der Waals surface area contributed by atoms with E-state index in [1.807, 2.05) is 30.5 Å². The lowest BCUT2D eigenvalue weighted by molar-refractivity contribution is 0.872. The first-order valence-electron chi connectivity index (χ1n) is 7.07. The van der Waals surface area contributed by atoms with Gasteiger partial charge in [-0.2, -0.15) is 9.61 Å². The molecular weight excluding hydrogens is 262 g/mol. The number of nitrogens with one attached hydrogen (secondary N) is 1. The summed E-state index contributed by atoms with van der Waals surface area (Å²) in [6.07, 6.45) is 1.84. The van der Waals surface area contributed by atoms with Crippen LogP contribution < -0.4 is 11.1 Å². The second-order valence-corrected chi connectivity index (χ2v) is 5.40. The summed E-state index contributed by atoms with van der Waals surface area (Å²) in [5.41, 5.74) is 9.19. The maximum Gasteiger partial charge on any atom is 0.163 e. The van der Waals surface area contributed by atoms with Gasteiger partial charge in [0.05, 0.1) is 6.20 Å². The van der Waals surface area contributed by atoms with Crippen LogP contribution in [0.25, 0.3) is 5.65 Å². The highest BCUT2D eigenvalue weighted by Crippen LogP contribution is 2.22. The number of fused-ring (bicyclic) bond motifs is 1. The third kappa shape index (κ3) is 2.67. The summed E-state index contributed by atoms with van der Waals surface area (Å²) in [6.45, 7) is 4.96. The quantitative estimate of drug-likeness (QED) is 0.771. The Morgan fingerprint density at radius 1 is 1.24 bits per heavy atom. The van der Waals surface area contributed by atoms with E-state index in [9.17, 15) is 0 Å². The van der Waals surface area contributed by atoms with E-state index in [1.165, 1.54) is 5.56 Å². The number of nitrogens with zero attached hydrogens (tertiary/aromatic N) is 3. The minimum Gasteiger partial charge on any atom is -0.383 e. The molecule has 0 aliphatic heterocycles. The molecule has 2 heterocycles. The Bertz CT molecular complexity index is 746. The average molecular weight is 281 g/mol. The Morgan fingerprint density at radius 3 is 2.71 bits per heavy atom. The van der Waals surface area contributed by atoms with Gasteiger partial charge in [0.15, 0.2) is 5.65 Å². The molecule has 0 atom stereocenters. The standard InChI is InChI=1S/C16H19N5/c1-11(2)13-10-19-21-14(17)8-15(20-16(13)21)18-9-12-6-4-3-5-7-12/h3-8,10-11H,9,17H2,1-2H3,(H,18,20). The SMILES string of the molecule is CC(C)c1cnn2c(N)cc(NCc3ccccc3)nc12. The van der Waals surface area contributed by atoms with Crippen molar-refractivity contribution in [2.45, 2.75) is 26.3 Å². The monoisotopic (exact) mass is 281 g/mol. The summed E-state index contributed by atoms with van der Waals surface area (Å²) in [5, 5.41) is 7.62. The van der Waals surface area contributed by atoms with Gasteiger partial charge in [0.1, 0.15) is 11.6 Å². The summed E-state index contributed by atoms with van der Waals surface area (Å²) >= 11 is 0. The molecule has 0 fully saturated rings. The van der Waals surface area contributed by atoms with Gasteiger partial charge in [0, 0.05) is 18.2 Å². The van der Waals surface area contributed by atoms with Crippen molar-refractivity contribution in [2.24, 2.45) is 0 Å². The second-order valence-electron chi connectivity index (χ2n) is 5.40. The average Bonchev–Trinajstić information content (AvgIpc) is 2.91. The van der Waals surface area contributed by atoms with Crippen LogP contribution in [0.5, 0.6) is 0 Å². The van der Waals surface area contributed by atoms with Crippen LogP contribution in [0.1, 0.15) is 30.9 Å². The Kier molecular flexibility index (Phi) is 3.48. The Hall–Kier alpha value is -2.56. The highest BCUT2D eigenvalue weighted by molar-refractivity contribution is 5.59. The molecule has 3 rings (SSSR count). The van der Waals surface area contributed by atoms with Crippen LogP contribution in [-0.2, 0) is 6.54 Å². The van der Waals surface area contributed by atoms with Gasteiger partial charge in [0.2, 0.25) is 0 Å². The number of nitrogens with two attached hydrogens (primary N) is 1. The lowest BCUT2D eigenvalue weighted by atomic mass is 10.1. The van der Waals surface area contributed by atoms with E-state index in [1.54, 1.807) is 4.52 Å². The van der Waals surface area contributed by atoms with Gasteiger partial charge < -0.3 is 11.1 Å². The molecule has 0 radical (unpaired) electrons. The Labute approximate surface area is 123 Å². The maximum atomic E-state index is 6.06. The second kappa shape index (κ2) is 5.44. The molecule has 0 spiro atoms. The normalized spacial score (nSPS) is 11.2. The minimum absolute atomic E-state index is 0.360. The zero-order valence-electron chi connectivity index (χ0n) is 12.2. The zero-order chi connectivity index (χ0) is 14.8. The lowest BCUT2D eigenvalue weighted by Gasteiger charge is -2.09. The molecule has 1 aromatic carbocycles. The molecular formula is C16H19N5. The summed E-state index contributed by atoms with van der Waals surface area (Å²) < 4.78 is 1.68. The molecule has 0 saturated heterocycles. The van der Waals surface area contributed by atoms with Crippen LogP contribution in [0.3, 0.4) is 0 Å². The zero-order valence-corrected chi connectivity index (χ0v) is 12.2. The summed E-state index contributed by atoms with van der Waals surface area (Å²) in [7, 11) is 0. The summed E-state index contributed by atoms with van der Waals surface area (Å²) in [4.78, 5) is 4.64. The van der Waals surface area contributed by atoms with Gasteiger partial charge in [-0.25, -0.2) is 4.98 Å². The fourth-order valence-corrected chi connectivity index (χ4v) is 2.29. The van der Waals surface area contributed by atoms with Crippen molar-refractivity contribution >= 4 is 17.3 Å². The van der Waals surface area contributed by atoms with E-state index in [2.05, 4.69) is 41.4 Å². The number of hydrogen-bond acceptors (Lipinski definition) is 4. The van der Waals surface area contributed by atoms with Crippen LogP contribution in [0.4, 0.5) is 11.6 Å². The molecule has 0 amide bonds. The van der Waals surface area contributed by atoms with Gasteiger partial charge in [-0.3, -0.25) is 0 Å². The van der Waals surface area contributed by atoms with Gasteiger partial charge >= 0.3 is 0 Å². The number of aromatic nitrogens is 3. The molecule has 0 saturated carbocycles. The topological polar surface area (TPSA) is 68.2 Å². The highest BCUT2D eigenvalue weighted by atomic mass is 15.3. The number of anilines is 2. The molecule has 5 heteroatoms. The molecule has 0 aliphatic rings. The van der Waals surface area contributed by atoms with E-state index in [0.717, 1.165) is 17.0 Å². The number of benzene rings is 1. The van der Waals surface area contributed by atoms with Crippen LogP contribution in [-0.4, -0.2) is 14.6 Å². The molecule has 5 nitrogen and oxygen atoms in total. The third-order valence-electron chi connectivity index (χ3n) is 3.47. The molecule has 21 heavy (non-hydrogen) atoms. The molecule has 3 aromatic rings. The molecule has 3 N–H and O–H groups in total.